The molecule has 0 aliphatic rings. The van der Waals surface area contributed by atoms with Crippen molar-refractivity contribution in [3.63, 3.8) is 0 Å². The molecule has 1 rings (SSSR count). The third-order valence-corrected chi connectivity index (χ3v) is 1.83. The molecule has 0 unspecified atom stereocenters. The van der Waals surface area contributed by atoms with Crippen LogP contribution in [0.4, 0.5) is 0 Å². The first-order valence-corrected chi connectivity index (χ1v) is 4.77. The molecule has 0 aliphatic heterocycles. The molecule has 0 saturated carbocycles. The smallest absolute Gasteiger partial charge is 0.331 e. The summed E-state index contributed by atoms with van der Waals surface area (Å²) in [6.07, 6.45) is 5.23. The minimum atomic E-state index is -0.417. The molecule has 0 radical (unpaired) electrons. The first kappa shape index (κ1) is 11.9. The van der Waals surface area contributed by atoms with E-state index in [-0.39, 0.29) is 6.61 Å². The van der Waals surface area contributed by atoms with Crippen LogP contribution in [-0.4, -0.2) is 18.9 Å². The van der Waals surface area contributed by atoms with Crippen LogP contribution in [0.25, 0.3) is 6.08 Å². The van der Waals surface area contributed by atoms with Crippen molar-refractivity contribution in [2.45, 2.75) is 0 Å². The summed E-state index contributed by atoms with van der Waals surface area (Å²) in [6.45, 7) is 3.64. The largest absolute Gasteiger partial charge is 0.458 e. The Kier molecular flexibility index (Phi) is 4.73. The van der Waals surface area contributed by atoms with Crippen LogP contribution in [0.15, 0.2) is 43.0 Å². The number of aldehydes is 1. The van der Waals surface area contributed by atoms with E-state index in [0.717, 1.165) is 11.8 Å². The van der Waals surface area contributed by atoms with Crippen LogP contribution < -0.4 is 0 Å². The second-order valence-corrected chi connectivity index (χ2v) is 3.04. The number of hydrogen-bond acceptors (Lipinski definition) is 3. The lowest BCUT2D eigenvalue weighted by molar-refractivity contribution is -0.136. The number of ether oxygens (including phenoxy) is 1. The highest BCUT2D eigenvalue weighted by Crippen LogP contribution is 2.04. The van der Waals surface area contributed by atoms with Gasteiger partial charge in [0.05, 0.1) is 0 Å². The van der Waals surface area contributed by atoms with Crippen molar-refractivity contribution in [1.29, 1.82) is 0 Å². The van der Waals surface area contributed by atoms with E-state index in [1.165, 1.54) is 12.2 Å². The zero-order chi connectivity index (χ0) is 11.8. The lowest BCUT2D eigenvalue weighted by Gasteiger charge is -1.96. The van der Waals surface area contributed by atoms with Crippen molar-refractivity contribution < 1.29 is 14.3 Å². The maximum Gasteiger partial charge on any atom is 0.331 e. The number of carbonyl (C=O) groups is 2. The number of carbonyl (C=O) groups excluding carboxylic acids is 2. The van der Waals surface area contributed by atoms with Crippen LogP contribution in [0.1, 0.15) is 15.9 Å². The maximum atomic E-state index is 11.1. The molecule has 0 heterocycles. The summed E-state index contributed by atoms with van der Waals surface area (Å²) in [7, 11) is 0. The summed E-state index contributed by atoms with van der Waals surface area (Å²) in [6, 6.07) is 6.87. The van der Waals surface area contributed by atoms with E-state index in [9.17, 15) is 9.59 Å². The Hall–Kier alpha value is -2.16. The third kappa shape index (κ3) is 3.92. The Labute approximate surface area is 94.0 Å². The van der Waals surface area contributed by atoms with E-state index in [1.54, 1.807) is 30.3 Å². The summed E-state index contributed by atoms with van der Waals surface area (Å²) >= 11 is 0. The van der Waals surface area contributed by atoms with Gasteiger partial charge in [0.1, 0.15) is 12.9 Å². The Morgan fingerprint density at radius 3 is 2.44 bits per heavy atom. The van der Waals surface area contributed by atoms with Gasteiger partial charge < -0.3 is 4.74 Å². The first-order valence-electron chi connectivity index (χ1n) is 4.77. The highest BCUT2D eigenvalue weighted by molar-refractivity contribution is 5.87. The zero-order valence-electron chi connectivity index (χ0n) is 8.76. The summed E-state index contributed by atoms with van der Waals surface area (Å²) in [5.74, 6) is -0.417. The van der Waals surface area contributed by atoms with Crippen LogP contribution in [0, 0.1) is 0 Å². The Morgan fingerprint density at radius 1 is 1.25 bits per heavy atom. The molecule has 0 saturated heterocycles. The van der Waals surface area contributed by atoms with Crippen LogP contribution >= 0.6 is 0 Å². The van der Waals surface area contributed by atoms with Crippen LogP contribution in [0.3, 0.4) is 0 Å². The molecule has 0 aliphatic carbocycles. The SMILES string of the molecule is C=CCOC(=O)/C=C/c1ccc(C=O)cc1. The predicted octanol–water partition coefficient (Wildman–Crippen LogP) is 2.24. The highest BCUT2D eigenvalue weighted by Gasteiger charge is 1.94. The maximum absolute atomic E-state index is 11.1. The summed E-state index contributed by atoms with van der Waals surface area (Å²) < 4.78 is 4.76. The molecule has 0 amide bonds. The lowest BCUT2D eigenvalue weighted by atomic mass is 10.1. The fraction of sp³-hybridized carbons (Fsp3) is 0.0769. The van der Waals surface area contributed by atoms with Crippen molar-refractivity contribution in [1.82, 2.24) is 0 Å². The van der Waals surface area contributed by atoms with E-state index in [0.29, 0.717) is 5.56 Å². The molecule has 82 valence electrons. The standard InChI is InChI=1S/C13H12O3/c1-2-9-16-13(15)8-7-11-3-5-12(10-14)6-4-11/h2-8,10H,1,9H2/b8-7+. The van der Waals surface area contributed by atoms with Gasteiger partial charge in [0.15, 0.2) is 0 Å². The molecular weight excluding hydrogens is 204 g/mol. The molecule has 0 fully saturated rings. The molecule has 3 heteroatoms. The molecule has 1 aromatic carbocycles. The van der Waals surface area contributed by atoms with Gasteiger partial charge in [-0.3, -0.25) is 4.79 Å². The van der Waals surface area contributed by atoms with Crippen molar-refractivity contribution in [2.75, 3.05) is 6.61 Å². The van der Waals surface area contributed by atoms with E-state index in [4.69, 9.17) is 4.74 Å². The molecule has 16 heavy (non-hydrogen) atoms. The first-order chi connectivity index (χ1) is 7.76. The normalized spacial score (nSPS) is 10.0. The Bertz CT molecular complexity index is 402. The summed E-state index contributed by atoms with van der Waals surface area (Å²) in [5, 5.41) is 0. The van der Waals surface area contributed by atoms with E-state index in [2.05, 4.69) is 6.58 Å². The molecular formula is C13H12O3. The molecule has 3 nitrogen and oxygen atoms in total. The number of hydrogen-bond donors (Lipinski definition) is 0. The van der Waals surface area contributed by atoms with Gasteiger partial charge in [-0.1, -0.05) is 36.9 Å². The number of esters is 1. The fourth-order valence-corrected chi connectivity index (χ4v) is 1.04. The summed E-state index contributed by atoms with van der Waals surface area (Å²) in [4.78, 5) is 21.5. The van der Waals surface area contributed by atoms with Gasteiger partial charge in [0.25, 0.3) is 0 Å². The molecule has 0 aromatic heterocycles. The Morgan fingerprint density at radius 2 is 1.88 bits per heavy atom. The zero-order valence-corrected chi connectivity index (χ0v) is 8.76. The highest BCUT2D eigenvalue weighted by atomic mass is 16.5. The van der Waals surface area contributed by atoms with Gasteiger partial charge in [-0.05, 0) is 11.6 Å². The van der Waals surface area contributed by atoms with E-state index in [1.807, 2.05) is 0 Å². The predicted molar refractivity (Wildman–Crippen MR) is 62.0 cm³/mol. The van der Waals surface area contributed by atoms with Gasteiger partial charge in [-0.25, -0.2) is 4.79 Å². The molecule has 0 bridgehead atoms. The van der Waals surface area contributed by atoms with Crippen molar-refractivity contribution >= 4 is 18.3 Å². The molecule has 1 aromatic rings. The van der Waals surface area contributed by atoms with Gasteiger partial charge >= 0.3 is 5.97 Å². The molecule has 0 spiro atoms. The number of benzene rings is 1. The van der Waals surface area contributed by atoms with Crippen LogP contribution in [0.5, 0.6) is 0 Å². The van der Waals surface area contributed by atoms with Gasteiger partial charge in [0.2, 0.25) is 0 Å². The second-order valence-electron chi connectivity index (χ2n) is 3.04. The van der Waals surface area contributed by atoms with Gasteiger partial charge in [-0.15, -0.1) is 0 Å². The van der Waals surface area contributed by atoms with E-state index < -0.39 is 5.97 Å². The lowest BCUT2D eigenvalue weighted by Crippen LogP contribution is -1.99. The topological polar surface area (TPSA) is 43.4 Å². The van der Waals surface area contributed by atoms with Gasteiger partial charge in [0, 0.05) is 11.6 Å². The second kappa shape index (κ2) is 6.35. The number of rotatable bonds is 5. The molecule has 0 N–H and O–H groups in total. The average molecular weight is 216 g/mol. The minimum Gasteiger partial charge on any atom is -0.458 e. The van der Waals surface area contributed by atoms with E-state index >= 15 is 0 Å². The molecule has 0 atom stereocenters. The Balaban J connectivity index is 2.58. The quantitative estimate of drug-likeness (QED) is 0.328. The van der Waals surface area contributed by atoms with Crippen LogP contribution in [0.2, 0.25) is 0 Å². The van der Waals surface area contributed by atoms with Crippen molar-refractivity contribution in [2.24, 2.45) is 0 Å². The fourth-order valence-electron chi connectivity index (χ4n) is 1.04. The van der Waals surface area contributed by atoms with Crippen molar-refractivity contribution in [3.05, 3.63) is 54.1 Å². The summed E-state index contributed by atoms with van der Waals surface area (Å²) in [5.41, 5.74) is 1.44. The average Bonchev–Trinajstić information content (AvgIpc) is 2.34. The van der Waals surface area contributed by atoms with Crippen molar-refractivity contribution in [3.8, 4) is 0 Å². The monoisotopic (exact) mass is 216 g/mol. The third-order valence-electron chi connectivity index (χ3n) is 1.83. The van der Waals surface area contributed by atoms with Gasteiger partial charge in [-0.2, -0.15) is 0 Å². The minimum absolute atomic E-state index is 0.202. The van der Waals surface area contributed by atoms with Crippen LogP contribution in [-0.2, 0) is 9.53 Å².